The summed E-state index contributed by atoms with van der Waals surface area (Å²) in [5.74, 6) is -0.159. The Labute approximate surface area is 159 Å². The first kappa shape index (κ1) is 19.5. The highest BCUT2D eigenvalue weighted by Gasteiger charge is 2.23. The summed E-state index contributed by atoms with van der Waals surface area (Å²) in [4.78, 5) is 14.1. The van der Waals surface area contributed by atoms with Crippen molar-refractivity contribution >= 4 is 5.91 Å². The van der Waals surface area contributed by atoms with E-state index in [1.54, 1.807) is 11.0 Å². The quantitative estimate of drug-likeness (QED) is 0.696. The topological polar surface area (TPSA) is 70.2 Å². The Kier molecular flexibility index (Phi) is 6.95. The Bertz CT molecular complexity index is 743. The van der Waals surface area contributed by atoms with Gasteiger partial charge in [-0.15, -0.1) is 0 Å². The van der Waals surface area contributed by atoms with Crippen LogP contribution in [0.4, 0.5) is 4.39 Å². The number of amides is 1. The number of ether oxygens (including phenoxy) is 1. The second-order valence-corrected chi connectivity index (χ2v) is 6.94. The molecule has 0 spiro atoms. The number of morpholine rings is 1. The fourth-order valence-electron chi connectivity index (χ4n) is 3.23. The summed E-state index contributed by atoms with van der Waals surface area (Å²) in [7, 11) is 1.85. The molecule has 0 radical (unpaired) electrons. The van der Waals surface area contributed by atoms with E-state index in [4.69, 9.17) is 4.74 Å². The van der Waals surface area contributed by atoms with Crippen LogP contribution in [-0.4, -0.2) is 60.4 Å². The van der Waals surface area contributed by atoms with Crippen LogP contribution in [0.1, 0.15) is 25.0 Å². The molecular weight excluding hydrogens is 347 g/mol. The van der Waals surface area contributed by atoms with Gasteiger partial charge >= 0.3 is 0 Å². The van der Waals surface area contributed by atoms with E-state index in [9.17, 15) is 9.18 Å². The average molecular weight is 374 g/mol. The molecule has 7 heteroatoms. The molecule has 27 heavy (non-hydrogen) atoms. The van der Waals surface area contributed by atoms with E-state index in [0.717, 1.165) is 55.7 Å². The molecule has 1 aliphatic rings. The summed E-state index contributed by atoms with van der Waals surface area (Å²) in [5.41, 5.74) is 2.58. The van der Waals surface area contributed by atoms with Crippen LogP contribution in [0.15, 0.2) is 30.3 Å². The molecule has 0 aliphatic carbocycles. The molecule has 1 aromatic heterocycles. The lowest BCUT2D eigenvalue weighted by Gasteiger charge is -2.27. The molecule has 146 valence electrons. The zero-order valence-corrected chi connectivity index (χ0v) is 15.7. The molecule has 1 saturated heterocycles. The number of hydrogen-bond donors (Lipinski definition) is 2. The molecule has 1 aliphatic heterocycles. The van der Waals surface area contributed by atoms with Gasteiger partial charge in [-0.3, -0.25) is 9.89 Å². The molecular formula is C20H27FN4O2. The van der Waals surface area contributed by atoms with Crippen molar-refractivity contribution in [3.63, 3.8) is 0 Å². The number of unbranched alkanes of at least 4 members (excludes halogenated alkanes) is 2. The van der Waals surface area contributed by atoms with E-state index in [0.29, 0.717) is 13.2 Å². The van der Waals surface area contributed by atoms with E-state index in [-0.39, 0.29) is 17.8 Å². The van der Waals surface area contributed by atoms with Crippen LogP contribution in [-0.2, 0) is 16.0 Å². The average Bonchev–Trinajstić information content (AvgIpc) is 3.16. The van der Waals surface area contributed by atoms with E-state index < -0.39 is 0 Å². The lowest BCUT2D eigenvalue weighted by atomic mass is 10.1. The van der Waals surface area contributed by atoms with E-state index in [1.165, 1.54) is 12.1 Å². The van der Waals surface area contributed by atoms with Crippen molar-refractivity contribution in [2.75, 3.05) is 33.4 Å². The minimum Gasteiger partial charge on any atom is -0.378 e. The van der Waals surface area contributed by atoms with Gasteiger partial charge in [0.2, 0.25) is 5.91 Å². The molecule has 1 atom stereocenters. The molecule has 0 bridgehead atoms. The van der Waals surface area contributed by atoms with Crippen molar-refractivity contribution in [3.8, 4) is 11.3 Å². The van der Waals surface area contributed by atoms with Crippen LogP contribution in [0.25, 0.3) is 11.3 Å². The zero-order chi connectivity index (χ0) is 19.1. The first-order valence-corrected chi connectivity index (χ1v) is 9.50. The Morgan fingerprint density at radius 2 is 2.22 bits per heavy atom. The number of aryl methyl sites for hydroxylation is 1. The Hall–Kier alpha value is -2.25. The van der Waals surface area contributed by atoms with Gasteiger partial charge in [0.1, 0.15) is 11.9 Å². The molecule has 6 nitrogen and oxygen atoms in total. The third kappa shape index (κ3) is 5.61. The van der Waals surface area contributed by atoms with Gasteiger partial charge in [0, 0.05) is 31.4 Å². The van der Waals surface area contributed by atoms with Gasteiger partial charge in [-0.2, -0.15) is 5.10 Å². The number of rotatable bonds is 8. The first-order chi connectivity index (χ1) is 13.1. The molecule has 2 aromatic rings. The fourth-order valence-corrected chi connectivity index (χ4v) is 3.23. The van der Waals surface area contributed by atoms with Gasteiger partial charge < -0.3 is 15.0 Å². The predicted molar refractivity (Wildman–Crippen MR) is 102 cm³/mol. The smallest absolute Gasteiger partial charge is 0.241 e. The van der Waals surface area contributed by atoms with Crippen molar-refractivity contribution in [2.24, 2.45) is 0 Å². The van der Waals surface area contributed by atoms with E-state index in [1.807, 2.05) is 19.2 Å². The number of carbonyl (C=O) groups is 1. The number of aromatic amines is 1. The van der Waals surface area contributed by atoms with Crippen LogP contribution in [0.5, 0.6) is 0 Å². The molecule has 0 saturated carbocycles. The number of halogens is 1. The van der Waals surface area contributed by atoms with Crippen LogP contribution in [0, 0.1) is 5.82 Å². The maximum atomic E-state index is 13.3. The van der Waals surface area contributed by atoms with Crippen molar-refractivity contribution in [1.82, 2.24) is 20.4 Å². The second-order valence-electron chi connectivity index (χ2n) is 6.94. The molecule has 1 amide bonds. The van der Waals surface area contributed by atoms with Crippen LogP contribution < -0.4 is 5.32 Å². The van der Waals surface area contributed by atoms with Gasteiger partial charge in [-0.1, -0.05) is 18.6 Å². The van der Waals surface area contributed by atoms with Crippen molar-refractivity contribution in [3.05, 3.63) is 41.8 Å². The molecule has 1 aromatic carbocycles. The Morgan fingerprint density at radius 1 is 1.33 bits per heavy atom. The second kappa shape index (κ2) is 9.62. The Balaban J connectivity index is 1.36. The van der Waals surface area contributed by atoms with Crippen molar-refractivity contribution < 1.29 is 13.9 Å². The molecule has 1 fully saturated rings. The summed E-state index contributed by atoms with van der Waals surface area (Å²) in [6.45, 7) is 2.60. The number of benzene rings is 1. The summed E-state index contributed by atoms with van der Waals surface area (Å²) in [6, 6.07) is 8.21. The van der Waals surface area contributed by atoms with Crippen LogP contribution in [0.3, 0.4) is 0 Å². The number of hydrogen-bond acceptors (Lipinski definition) is 4. The van der Waals surface area contributed by atoms with Gasteiger partial charge in [0.25, 0.3) is 0 Å². The third-order valence-electron chi connectivity index (χ3n) is 4.79. The first-order valence-electron chi connectivity index (χ1n) is 9.50. The molecule has 3 rings (SSSR count). The van der Waals surface area contributed by atoms with Crippen LogP contribution >= 0.6 is 0 Å². The standard InChI is InChI=1S/C20H27FN4O2/c1-25(20(26)19-14-27-11-9-22-19)10-4-2-3-8-17-13-18(24-23-17)15-6-5-7-16(21)12-15/h5-7,12-13,19,22H,2-4,8-11,14H2,1H3,(H,23,24). The SMILES string of the molecule is CN(CCCCCc1cc(-c2cccc(F)c2)n[nH]1)C(=O)C1COCCN1. The van der Waals surface area contributed by atoms with Crippen molar-refractivity contribution in [1.29, 1.82) is 0 Å². The summed E-state index contributed by atoms with van der Waals surface area (Å²) in [6.07, 6.45) is 3.89. The van der Waals surface area contributed by atoms with Crippen molar-refractivity contribution in [2.45, 2.75) is 31.7 Å². The number of H-pyrrole nitrogens is 1. The molecule has 1 unspecified atom stereocenters. The normalized spacial score (nSPS) is 17.0. The summed E-state index contributed by atoms with van der Waals surface area (Å²) in [5, 5.41) is 10.5. The monoisotopic (exact) mass is 374 g/mol. The maximum Gasteiger partial charge on any atom is 0.241 e. The largest absolute Gasteiger partial charge is 0.378 e. The number of carbonyl (C=O) groups excluding carboxylic acids is 1. The number of nitrogens with one attached hydrogen (secondary N) is 2. The summed E-state index contributed by atoms with van der Waals surface area (Å²) >= 11 is 0. The molecule has 2 N–H and O–H groups in total. The fraction of sp³-hybridized carbons (Fsp3) is 0.500. The number of nitrogens with zero attached hydrogens (tertiary/aromatic N) is 2. The predicted octanol–water partition coefficient (Wildman–Crippen LogP) is 2.38. The van der Waals surface area contributed by atoms with Crippen LogP contribution in [0.2, 0.25) is 0 Å². The summed E-state index contributed by atoms with van der Waals surface area (Å²) < 4.78 is 18.7. The van der Waals surface area contributed by atoms with E-state index >= 15 is 0 Å². The van der Waals surface area contributed by atoms with Gasteiger partial charge in [0.15, 0.2) is 0 Å². The van der Waals surface area contributed by atoms with Gasteiger partial charge in [0.05, 0.1) is 18.9 Å². The number of likely N-dealkylation sites (N-methyl/N-ethyl adjacent to an activating group) is 1. The molecule has 2 heterocycles. The highest BCUT2D eigenvalue weighted by molar-refractivity contribution is 5.81. The Morgan fingerprint density at radius 3 is 3.00 bits per heavy atom. The number of aromatic nitrogens is 2. The highest BCUT2D eigenvalue weighted by Crippen LogP contribution is 2.19. The lowest BCUT2D eigenvalue weighted by molar-refractivity contribution is -0.135. The maximum absolute atomic E-state index is 13.3. The third-order valence-corrected chi connectivity index (χ3v) is 4.79. The lowest BCUT2D eigenvalue weighted by Crippen LogP contribution is -2.51. The van der Waals surface area contributed by atoms with Gasteiger partial charge in [-0.05, 0) is 37.5 Å². The van der Waals surface area contributed by atoms with Gasteiger partial charge in [-0.25, -0.2) is 4.39 Å². The minimum atomic E-state index is -0.259. The highest BCUT2D eigenvalue weighted by atomic mass is 19.1. The van der Waals surface area contributed by atoms with E-state index in [2.05, 4.69) is 15.5 Å². The zero-order valence-electron chi connectivity index (χ0n) is 15.7. The minimum absolute atomic E-state index is 0.100.